The number of amides is 1. The summed E-state index contributed by atoms with van der Waals surface area (Å²) >= 11 is 0. The predicted octanol–water partition coefficient (Wildman–Crippen LogP) is 0.227. The normalized spacial score (nSPS) is 19.6. The summed E-state index contributed by atoms with van der Waals surface area (Å²) in [5, 5.41) is 6.40. The summed E-state index contributed by atoms with van der Waals surface area (Å²) in [6, 6.07) is 0.305. The molecule has 3 heterocycles. The molecule has 0 bridgehead atoms. The van der Waals surface area contributed by atoms with Crippen LogP contribution in [0.3, 0.4) is 0 Å². The van der Waals surface area contributed by atoms with Crippen LogP contribution in [0.1, 0.15) is 31.0 Å². The summed E-state index contributed by atoms with van der Waals surface area (Å²) in [6.45, 7) is 5.31. The lowest BCUT2D eigenvalue weighted by atomic mass is 10.0. The summed E-state index contributed by atoms with van der Waals surface area (Å²) in [5.74, 6) is 1.13. The number of carbonyl (C=O) groups excluding carboxylic acids is 1. The van der Waals surface area contributed by atoms with Gasteiger partial charge in [-0.2, -0.15) is 0 Å². The molecule has 0 spiro atoms. The Morgan fingerprint density at radius 1 is 1.40 bits per heavy atom. The Bertz CT molecular complexity index is 496. The minimum atomic E-state index is 0.0621. The monoisotopic (exact) mass is 275 g/mol. The first-order chi connectivity index (χ1) is 9.74. The molecule has 0 saturated carbocycles. The number of nitrogens with zero attached hydrogens (tertiary/aromatic N) is 3. The Kier molecular flexibility index (Phi) is 3.82. The molecule has 0 aromatic carbocycles. The average molecular weight is 275 g/mol. The van der Waals surface area contributed by atoms with Gasteiger partial charge in [-0.25, -0.2) is 9.97 Å². The van der Waals surface area contributed by atoms with Gasteiger partial charge in [-0.05, 0) is 12.8 Å². The third-order valence-corrected chi connectivity index (χ3v) is 4.05. The van der Waals surface area contributed by atoms with E-state index in [0.717, 1.165) is 51.3 Å². The van der Waals surface area contributed by atoms with Crippen molar-refractivity contribution >= 4 is 11.7 Å². The van der Waals surface area contributed by atoms with E-state index in [-0.39, 0.29) is 5.91 Å². The van der Waals surface area contributed by atoms with E-state index in [4.69, 9.17) is 0 Å². The van der Waals surface area contributed by atoms with Crippen molar-refractivity contribution in [2.45, 2.75) is 38.8 Å². The molecule has 1 aromatic rings. The zero-order valence-electron chi connectivity index (χ0n) is 11.9. The number of anilines is 1. The van der Waals surface area contributed by atoms with Crippen molar-refractivity contribution in [3.63, 3.8) is 0 Å². The van der Waals surface area contributed by atoms with Gasteiger partial charge in [0.15, 0.2) is 0 Å². The summed E-state index contributed by atoms with van der Waals surface area (Å²) in [5.41, 5.74) is 2.43. The average Bonchev–Trinajstić information content (AvgIpc) is 2.47. The fraction of sp³-hybridized carbons (Fsp3) is 0.643. The molecule has 2 aliphatic rings. The van der Waals surface area contributed by atoms with E-state index in [2.05, 4.69) is 25.5 Å². The van der Waals surface area contributed by atoms with Gasteiger partial charge in [-0.3, -0.25) is 4.79 Å². The van der Waals surface area contributed by atoms with Crippen molar-refractivity contribution in [2.75, 3.05) is 24.5 Å². The van der Waals surface area contributed by atoms with E-state index in [1.165, 1.54) is 11.3 Å². The number of rotatable bonds is 2. The third kappa shape index (κ3) is 2.75. The Morgan fingerprint density at radius 3 is 2.95 bits per heavy atom. The standard InChI is InChI=1S/C14H21N5O/c1-10(20)18-11-3-6-19(7-4-11)14-12-8-15-5-2-13(12)16-9-17-14/h9,11,15H,2-8H2,1H3,(H,18,20). The molecule has 108 valence electrons. The van der Waals surface area contributed by atoms with E-state index in [9.17, 15) is 4.79 Å². The second-order valence-electron chi connectivity index (χ2n) is 5.51. The highest BCUT2D eigenvalue weighted by molar-refractivity contribution is 5.73. The molecule has 0 unspecified atom stereocenters. The molecule has 3 rings (SSSR count). The Morgan fingerprint density at radius 2 is 2.20 bits per heavy atom. The van der Waals surface area contributed by atoms with Crippen molar-refractivity contribution in [2.24, 2.45) is 0 Å². The second-order valence-corrected chi connectivity index (χ2v) is 5.51. The van der Waals surface area contributed by atoms with Crippen LogP contribution in [0.2, 0.25) is 0 Å². The van der Waals surface area contributed by atoms with Crippen LogP contribution in [0, 0.1) is 0 Å². The zero-order valence-corrected chi connectivity index (χ0v) is 11.9. The minimum Gasteiger partial charge on any atom is -0.356 e. The van der Waals surface area contributed by atoms with Gasteiger partial charge >= 0.3 is 0 Å². The molecule has 0 radical (unpaired) electrons. The van der Waals surface area contributed by atoms with Gasteiger partial charge in [0.05, 0.1) is 5.69 Å². The molecule has 2 N–H and O–H groups in total. The van der Waals surface area contributed by atoms with Gasteiger partial charge in [0.1, 0.15) is 12.1 Å². The second kappa shape index (κ2) is 5.75. The number of hydrogen-bond donors (Lipinski definition) is 2. The van der Waals surface area contributed by atoms with Crippen LogP contribution >= 0.6 is 0 Å². The number of piperidine rings is 1. The molecule has 1 aromatic heterocycles. The van der Waals surface area contributed by atoms with Gasteiger partial charge in [-0.15, -0.1) is 0 Å². The van der Waals surface area contributed by atoms with Gasteiger partial charge in [0.25, 0.3) is 0 Å². The molecule has 20 heavy (non-hydrogen) atoms. The van der Waals surface area contributed by atoms with Gasteiger partial charge in [-0.1, -0.05) is 0 Å². The molecule has 2 aliphatic heterocycles. The number of hydrogen-bond acceptors (Lipinski definition) is 5. The first kappa shape index (κ1) is 13.3. The molecule has 1 fully saturated rings. The minimum absolute atomic E-state index is 0.0621. The maximum absolute atomic E-state index is 11.1. The smallest absolute Gasteiger partial charge is 0.217 e. The summed E-state index contributed by atoms with van der Waals surface area (Å²) < 4.78 is 0. The number of carbonyl (C=O) groups is 1. The first-order valence-corrected chi connectivity index (χ1v) is 7.29. The van der Waals surface area contributed by atoms with Gasteiger partial charge in [0.2, 0.25) is 5.91 Å². The highest BCUT2D eigenvalue weighted by atomic mass is 16.1. The lowest BCUT2D eigenvalue weighted by molar-refractivity contribution is -0.119. The Balaban J connectivity index is 1.71. The van der Waals surface area contributed by atoms with Gasteiger partial charge < -0.3 is 15.5 Å². The van der Waals surface area contributed by atoms with Crippen LogP contribution in [0.5, 0.6) is 0 Å². The number of nitrogens with one attached hydrogen (secondary N) is 2. The van der Waals surface area contributed by atoms with E-state index >= 15 is 0 Å². The van der Waals surface area contributed by atoms with E-state index in [1.54, 1.807) is 13.3 Å². The zero-order chi connectivity index (χ0) is 13.9. The molecular formula is C14H21N5O. The fourth-order valence-corrected chi connectivity index (χ4v) is 3.05. The molecule has 0 aliphatic carbocycles. The van der Waals surface area contributed by atoms with Gasteiger partial charge in [0, 0.05) is 51.1 Å². The van der Waals surface area contributed by atoms with Crippen molar-refractivity contribution < 1.29 is 4.79 Å². The number of fused-ring (bicyclic) bond motifs is 1. The van der Waals surface area contributed by atoms with Crippen LogP contribution in [0.4, 0.5) is 5.82 Å². The van der Waals surface area contributed by atoms with E-state index in [1.807, 2.05) is 0 Å². The number of aromatic nitrogens is 2. The summed E-state index contributed by atoms with van der Waals surface area (Å²) in [6.07, 6.45) is 4.62. The predicted molar refractivity (Wildman–Crippen MR) is 76.5 cm³/mol. The first-order valence-electron chi connectivity index (χ1n) is 7.29. The van der Waals surface area contributed by atoms with Crippen LogP contribution in [-0.4, -0.2) is 41.6 Å². The molecule has 1 amide bonds. The van der Waals surface area contributed by atoms with Crippen LogP contribution in [-0.2, 0) is 17.8 Å². The Hall–Kier alpha value is -1.69. The highest BCUT2D eigenvalue weighted by Crippen LogP contribution is 2.25. The maximum Gasteiger partial charge on any atom is 0.217 e. The molecule has 1 saturated heterocycles. The summed E-state index contributed by atoms with van der Waals surface area (Å²) in [7, 11) is 0. The van der Waals surface area contributed by atoms with Crippen molar-refractivity contribution in [1.29, 1.82) is 0 Å². The summed E-state index contributed by atoms with van der Waals surface area (Å²) in [4.78, 5) is 22.3. The van der Waals surface area contributed by atoms with Crippen LogP contribution < -0.4 is 15.5 Å². The van der Waals surface area contributed by atoms with Crippen LogP contribution in [0.15, 0.2) is 6.33 Å². The highest BCUT2D eigenvalue weighted by Gasteiger charge is 2.24. The van der Waals surface area contributed by atoms with Crippen molar-refractivity contribution in [3.05, 3.63) is 17.6 Å². The molecule has 6 heteroatoms. The fourth-order valence-electron chi connectivity index (χ4n) is 3.05. The lowest BCUT2D eigenvalue weighted by Crippen LogP contribution is -2.45. The third-order valence-electron chi connectivity index (χ3n) is 4.05. The quantitative estimate of drug-likeness (QED) is 0.808. The van der Waals surface area contributed by atoms with E-state index in [0.29, 0.717) is 6.04 Å². The topological polar surface area (TPSA) is 70.2 Å². The molecule has 0 atom stereocenters. The van der Waals surface area contributed by atoms with Crippen molar-refractivity contribution in [3.8, 4) is 0 Å². The maximum atomic E-state index is 11.1. The van der Waals surface area contributed by atoms with Crippen LogP contribution in [0.25, 0.3) is 0 Å². The Labute approximate surface area is 119 Å². The van der Waals surface area contributed by atoms with Crippen molar-refractivity contribution in [1.82, 2.24) is 20.6 Å². The SMILES string of the molecule is CC(=O)NC1CCN(c2ncnc3c2CNCC3)CC1. The largest absolute Gasteiger partial charge is 0.356 e. The molecular weight excluding hydrogens is 254 g/mol. The lowest BCUT2D eigenvalue weighted by Gasteiger charge is -2.34. The molecule has 6 nitrogen and oxygen atoms in total. The van der Waals surface area contributed by atoms with E-state index < -0.39 is 0 Å².